The molecule has 1 fully saturated rings. The molecule has 1 unspecified atom stereocenters. The molecule has 1 aliphatic heterocycles. The highest BCUT2D eigenvalue weighted by Gasteiger charge is 2.24. The maximum absolute atomic E-state index is 8.97. The zero-order valence-electron chi connectivity index (χ0n) is 12.9. The van der Waals surface area contributed by atoms with Gasteiger partial charge in [-0.15, -0.1) is 0 Å². The quantitative estimate of drug-likeness (QED) is 0.384. The van der Waals surface area contributed by atoms with Gasteiger partial charge in [0, 0.05) is 25.4 Å². The molecule has 1 aliphatic rings. The number of unbranched alkanes of at least 4 members (excludes halogenated alkanes) is 6. The van der Waals surface area contributed by atoms with Gasteiger partial charge < -0.3 is 10.1 Å². The van der Waals surface area contributed by atoms with Crippen LogP contribution in [0.15, 0.2) is 5.16 Å². The van der Waals surface area contributed by atoms with E-state index in [9.17, 15) is 0 Å². The van der Waals surface area contributed by atoms with Gasteiger partial charge in [0.2, 0.25) is 0 Å². The lowest BCUT2D eigenvalue weighted by atomic mass is 9.93. The van der Waals surface area contributed by atoms with Crippen molar-refractivity contribution in [3.8, 4) is 0 Å². The third kappa shape index (κ3) is 6.42. The summed E-state index contributed by atoms with van der Waals surface area (Å²) >= 11 is 0. The molecule has 0 amide bonds. The molecule has 0 spiro atoms. The van der Waals surface area contributed by atoms with Crippen molar-refractivity contribution in [2.45, 2.75) is 71.6 Å². The van der Waals surface area contributed by atoms with Crippen molar-refractivity contribution in [3.05, 3.63) is 0 Å². The molecule has 1 rings (SSSR count). The zero-order valence-corrected chi connectivity index (χ0v) is 12.9. The number of nitrogens with zero attached hydrogens (tertiary/aromatic N) is 2. The van der Waals surface area contributed by atoms with Crippen molar-refractivity contribution in [3.63, 3.8) is 0 Å². The van der Waals surface area contributed by atoms with Gasteiger partial charge in [0.25, 0.3) is 0 Å². The van der Waals surface area contributed by atoms with Crippen LogP contribution >= 0.6 is 0 Å². The number of likely N-dealkylation sites (tertiary alicyclic amines) is 1. The fourth-order valence-electron chi connectivity index (χ4n) is 2.98. The van der Waals surface area contributed by atoms with Gasteiger partial charge in [0.05, 0.1) is 5.71 Å². The Kier molecular flexibility index (Phi) is 8.89. The molecule has 112 valence electrons. The topological polar surface area (TPSA) is 35.8 Å². The highest BCUT2D eigenvalue weighted by atomic mass is 16.4. The lowest BCUT2D eigenvalue weighted by Crippen LogP contribution is -2.41. The van der Waals surface area contributed by atoms with Crippen molar-refractivity contribution < 1.29 is 5.21 Å². The summed E-state index contributed by atoms with van der Waals surface area (Å²) in [4.78, 5) is 2.55. The van der Waals surface area contributed by atoms with Crippen molar-refractivity contribution in [1.29, 1.82) is 0 Å². The summed E-state index contributed by atoms with van der Waals surface area (Å²) < 4.78 is 0. The number of rotatable bonds is 9. The smallest absolute Gasteiger partial charge is 0.0627 e. The van der Waals surface area contributed by atoms with E-state index in [1.54, 1.807) is 0 Å². The molecule has 0 radical (unpaired) electrons. The highest BCUT2D eigenvalue weighted by Crippen LogP contribution is 2.18. The van der Waals surface area contributed by atoms with Crippen molar-refractivity contribution in [1.82, 2.24) is 4.90 Å². The van der Waals surface area contributed by atoms with Gasteiger partial charge in [-0.1, -0.05) is 57.5 Å². The van der Waals surface area contributed by atoms with E-state index < -0.39 is 0 Å². The van der Waals surface area contributed by atoms with Gasteiger partial charge in [-0.25, -0.2) is 0 Å². The van der Waals surface area contributed by atoms with E-state index in [0.717, 1.165) is 31.6 Å². The fourth-order valence-corrected chi connectivity index (χ4v) is 2.98. The van der Waals surface area contributed by atoms with E-state index in [1.165, 1.54) is 51.5 Å². The van der Waals surface area contributed by atoms with Gasteiger partial charge in [0.15, 0.2) is 0 Å². The molecule has 19 heavy (non-hydrogen) atoms. The Labute approximate surface area is 119 Å². The summed E-state index contributed by atoms with van der Waals surface area (Å²) in [6.45, 7) is 7.85. The monoisotopic (exact) mass is 268 g/mol. The molecule has 1 saturated heterocycles. The maximum atomic E-state index is 8.97. The first-order valence-corrected chi connectivity index (χ1v) is 8.25. The molecular weight excluding hydrogens is 236 g/mol. The molecule has 0 saturated carbocycles. The van der Waals surface area contributed by atoms with Crippen molar-refractivity contribution in [2.24, 2.45) is 11.1 Å². The molecule has 0 aromatic rings. The van der Waals surface area contributed by atoms with Crippen LogP contribution in [0.2, 0.25) is 0 Å². The number of piperidine rings is 1. The lowest BCUT2D eigenvalue weighted by molar-refractivity contribution is 0.223. The molecular formula is C16H32N2O. The van der Waals surface area contributed by atoms with E-state index in [0.29, 0.717) is 5.92 Å². The minimum Gasteiger partial charge on any atom is -0.411 e. The summed E-state index contributed by atoms with van der Waals surface area (Å²) in [5.41, 5.74) is 1.01. The first-order valence-electron chi connectivity index (χ1n) is 8.25. The zero-order chi connectivity index (χ0) is 13.9. The van der Waals surface area contributed by atoms with E-state index in [4.69, 9.17) is 5.21 Å². The number of hydrogen-bond acceptors (Lipinski definition) is 3. The Bertz CT molecular complexity index is 253. The van der Waals surface area contributed by atoms with Crippen LogP contribution in [0.3, 0.4) is 0 Å². The molecule has 1 atom stereocenters. The van der Waals surface area contributed by atoms with Crippen LogP contribution in [0, 0.1) is 5.92 Å². The maximum Gasteiger partial charge on any atom is 0.0627 e. The molecule has 3 heteroatoms. The van der Waals surface area contributed by atoms with Crippen molar-refractivity contribution in [2.75, 3.05) is 19.6 Å². The van der Waals surface area contributed by atoms with Gasteiger partial charge in [-0.2, -0.15) is 0 Å². The first kappa shape index (κ1) is 16.5. The van der Waals surface area contributed by atoms with Crippen LogP contribution in [-0.2, 0) is 0 Å². The van der Waals surface area contributed by atoms with Gasteiger partial charge in [-0.05, 0) is 19.4 Å². The van der Waals surface area contributed by atoms with Crippen LogP contribution in [0.4, 0.5) is 0 Å². The second kappa shape index (κ2) is 10.2. The Morgan fingerprint density at radius 2 is 1.79 bits per heavy atom. The first-order chi connectivity index (χ1) is 9.31. The SMILES string of the molecule is CCCCCCCCCN1CCC(=NO)C(CC)C1. The molecule has 0 aromatic carbocycles. The number of hydrogen-bond donors (Lipinski definition) is 1. The normalized spacial score (nSPS) is 23.1. The highest BCUT2D eigenvalue weighted by molar-refractivity contribution is 5.87. The van der Waals surface area contributed by atoms with Crippen LogP contribution < -0.4 is 0 Å². The largest absolute Gasteiger partial charge is 0.411 e. The van der Waals surface area contributed by atoms with E-state index in [-0.39, 0.29) is 0 Å². The fraction of sp³-hybridized carbons (Fsp3) is 0.938. The lowest BCUT2D eigenvalue weighted by Gasteiger charge is -2.32. The minimum atomic E-state index is 0.475. The third-order valence-electron chi connectivity index (χ3n) is 4.33. The van der Waals surface area contributed by atoms with Gasteiger partial charge >= 0.3 is 0 Å². The Balaban J connectivity index is 2.07. The third-order valence-corrected chi connectivity index (χ3v) is 4.33. The summed E-state index contributed by atoms with van der Waals surface area (Å²) in [5, 5.41) is 12.4. The van der Waals surface area contributed by atoms with Gasteiger partial charge in [-0.3, -0.25) is 0 Å². The average Bonchev–Trinajstić information content (AvgIpc) is 2.46. The standard InChI is InChI=1S/C16H32N2O/c1-3-5-6-7-8-9-10-12-18-13-11-16(17-19)15(4-2)14-18/h15,19H,3-14H2,1-2H3. The van der Waals surface area contributed by atoms with Gasteiger partial charge in [0.1, 0.15) is 0 Å². The van der Waals surface area contributed by atoms with Crippen LogP contribution in [0.5, 0.6) is 0 Å². The summed E-state index contributed by atoms with van der Waals surface area (Å²) in [6, 6.07) is 0. The summed E-state index contributed by atoms with van der Waals surface area (Å²) in [7, 11) is 0. The second-order valence-electron chi connectivity index (χ2n) is 5.87. The predicted molar refractivity (Wildman–Crippen MR) is 82.1 cm³/mol. The molecule has 0 aliphatic carbocycles. The molecule has 0 aromatic heterocycles. The Morgan fingerprint density at radius 3 is 2.42 bits per heavy atom. The molecule has 3 nitrogen and oxygen atoms in total. The average molecular weight is 268 g/mol. The van der Waals surface area contributed by atoms with Crippen LogP contribution in [-0.4, -0.2) is 35.5 Å². The second-order valence-corrected chi connectivity index (χ2v) is 5.87. The van der Waals surface area contributed by atoms with Crippen LogP contribution in [0.1, 0.15) is 71.6 Å². The molecule has 1 heterocycles. The number of oxime groups is 1. The van der Waals surface area contributed by atoms with E-state index >= 15 is 0 Å². The van der Waals surface area contributed by atoms with E-state index in [1.807, 2.05) is 0 Å². The van der Waals surface area contributed by atoms with E-state index in [2.05, 4.69) is 23.9 Å². The van der Waals surface area contributed by atoms with Crippen molar-refractivity contribution >= 4 is 5.71 Å². The molecule has 0 bridgehead atoms. The van der Waals surface area contributed by atoms with Crippen LogP contribution in [0.25, 0.3) is 0 Å². The molecule has 1 N–H and O–H groups in total. The minimum absolute atomic E-state index is 0.475. The summed E-state index contributed by atoms with van der Waals surface area (Å²) in [5.74, 6) is 0.475. The predicted octanol–water partition coefficient (Wildman–Crippen LogP) is 4.30. The Hall–Kier alpha value is -0.570. The Morgan fingerprint density at radius 1 is 1.11 bits per heavy atom. The summed E-state index contributed by atoms with van der Waals surface area (Å²) in [6.07, 6.45) is 11.7.